The number of para-hydroxylation sites is 2. The Bertz CT molecular complexity index is 1050. The number of halogens is 3. The number of aromatic amines is 1. The summed E-state index contributed by atoms with van der Waals surface area (Å²) in [5.41, 5.74) is 0.667. The molecule has 0 unspecified atom stereocenters. The van der Waals surface area contributed by atoms with E-state index in [0.29, 0.717) is 0 Å². The number of H-pyrrole nitrogens is 1. The molecule has 3 aromatic rings. The molecule has 3 rings (SSSR count). The maximum absolute atomic E-state index is 13.0. The standard InChI is InChI=1S/C21H19F3N2O4/c1-29-20(28)17(10-13-11-25-16-8-4-2-6-14(13)16)26-19(27)12-30-18-9-5-3-7-15(18)21(22,23)24/h2-9,11,17,25H,10,12H2,1H3,(H,26,27)/t17-/m1/s1. The minimum Gasteiger partial charge on any atom is -0.483 e. The van der Waals surface area contributed by atoms with Gasteiger partial charge in [-0.05, 0) is 23.8 Å². The maximum Gasteiger partial charge on any atom is 0.419 e. The largest absolute Gasteiger partial charge is 0.483 e. The van der Waals surface area contributed by atoms with Gasteiger partial charge in [0.05, 0.1) is 12.7 Å². The van der Waals surface area contributed by atoms with E-state index in [1.807, 2.05) is 24.3 Å². The van der Waals surface area contributed by atoms with E-state index in [-0.39, 0.29) is 6.42 Å². The number of esters is 1. The van der Waals surface area contributed by atoms with E-state index >= 15 is 0 Å². The van der Waals surface area contributed by atoms with Crippen molar-refractivity contribution in [1.82, 2.24) is 10.3 Å². The molecule has 1 amide bonds. The highest BCUT2D eigenvalue weighted by atomic mass is 19.4. The molecule has 0 fully saturated rings. The van der Waals surface area contributed by atoms with Crippen LogP contribution in [0.1, 0.15) is 11.1 Å². The summed E-state index contributed by atoms with van der Waals surface area (Å²) in [7, 11) is 1.19. The first-order valence-electron chi connectivity index (χ1n) is 9.01. The Kier molecular flexibility index (Phi) is 6.29. The van der Waals surface area contributed by atoms with E-state index < -0.39 is 42.0 Å². The lowest BCUT2D eigenvalue weighted by Crippen LogP contribution is -2.45. The molecule has 1 heterocycles. The van der Waals surface area contributed by atoms with E-state index in [2.05, 4.69) is 10.3 Å². The third-order valence-corrected chi connectivity index (χ3v) is 4.47. The second kappa shape index (κ2) is 8.89. The number of benzene rings is 2. The number of methoxy groups -OCH3 is 1. The topological polar surface area (TPSA) is 80.4 Å². The van der Waals surface area contributed by atoms with Crippen LogP contribution in [0.25, 0.3) is 10.9 Å². The molecule has 0 saturated carbocycles. The number of ether oxygens (including phenoxy) is 2. The molecule has 158 valence electrons. The van der Waals surface area contributed by atoms with Crippen LogP contribution in [0, 0.1) is 0 Å². The van der Waals surface area contributed by atoms with Crippen LogP contribution in [-0.2, 0) is 26.9 Å². The fraction of sp³-hybridized carbons (Fsp3) is 0.238. The summed E-state index contributed by atoms with van der Waals surface area (Å²) in [6.07, 6.45) is -2.75. The first-order chi connectivity index (χ1) is 14.3. The summed E-state index contributed by atoms with van der Waals surface area (Å²) in [5, 5.41) is 3.35. The number of hydrogen-bond acceptors (Lipinski definition) is 4. The van der Waals surface area contributed by atoms with Crippen LogP contribution in [0.3, 0.4) is 0 Å². The van der Waals surface area contributed by atoms with E-state index in [4.69, 9.17) is 9.47 Å². The average molecular weight is 420 g/mol. The summed E-state index contributed by atoms with van der Waals surface area (Å²) >= 11 is 0. The smallest absolute Gasteiger partial charge is 0.419 e. The zero-order valence-corrected chi connectivity index (χ0v) is 16.0. The lowest BCUT2D eigenvalue weighted by atomic mass is 10.0. The molecular formula is C21H19F3N2O4. The number of nitrogens with one attached hydrogen (secondary N) is 2. The predicted octanol–water partition coefficient (Wildman–Crippen LogP) is 3.47. The summed E-state index contributed by atoms with van der Waals surface area (Å²) < 4.78 is 48.9. The van der Waals surface area contributed by atoms with Crippen LogP contribution in [0.5, 0.6) is 5.75 Å². The summed E-state index contributed by atoms with van der Waals surface area (Å²) in [4.78, 5) is 27.5. The Balaban J connectivity index is 1.69. The molecule has 0 bridgehead atoms. The number of alkyl halides is 3. The highest BCUT2D eigenvalue weighted by molar-refractivity contribution is 5.87. The molecule has 0 saturated heterocycles. The highest BCUT2D eigenvalue weighted by Crippen LogP contribution is 2.35. The number of rotatable bonds is 7. The van der Waals surface area contributed by atoms with Gasteiger partial charge in [-0.25, -0.2) is 4.79 Å². The van der Waals surface area contributed by atoms with Crippen molar-refractivity contribution in [3.8, 4) is 5.75 Å². The van der Waals surface area contributed by atoms with Crippen LogP contribution in [0.2, 0.25) is 0 Å². The molecule has 2 aromatic carbocycles. The second-order valence-electron chi connectivity index (χ2n) is 6.49. The average Bonchev–Trinajstić information content (AvgIpc) is 3.13. The summed E-state index contributed by atoms with van der Waals surface area (Å²) in [6.45, 7) is -0.686. The van der Waals surface area contributed by atoms with Crippen LogP contribution < -0.4 is 10.1 Å². The van der Waals surface area contributed by atoms with Crippen molar-refractivity contribution in [2.75, 3.05) is 13.7 Å². The van der Waals surface area contributed by atoms with Gasteiger partial charge in [0, 0.05) is 23.5 Å². The van der Waals surface area contributed by atoms with Crippen molar-refractivity contribution in [1.29, 1.82) is 0 Å². The van der Waals surface area contributed by atoms with E-state index in [0.717, 1.165) is 28.6 Å². The van der Waals surface area contributed by atoms with Gasteiger partial charge >= 0.3 is 12.1 Å². The molecule has 9 heteroatoms. The van der Waals surface area contributed by atoms with Crippen molar-refractivity contribution in [3.63, 3.8) is 0 Å². The normalized spacial score (nSPS) is 12.4. The Hall–Kier alpha value is -3.49. The number of carbonyl (C=O) groups excluding carboxylic acids is 2. The molecule has 1 atom stereocenters. The van der Waals surface area contributed by atoms with Gasteiger partial charge < -0.3 is 19.8 Å². The van der Waals surface area contributed by atoms with Crippen molar-refractivity contribution < 1.29 is 32.2 Å². The zero-order valence-electron chi connectivity index (χ0n) is 16.0. The molecule has 0 radical (unpaired) electrons. The first-order valence-corrected chi connectivity index (χ1v) is 9.01. The lowest BCUT2D eigenvalue weighted by molar-refractivity contribution is -0.145. The van der Waals surface area contributed by atoms with Gasteiger partial charge in [0.25, 0.3) is 5.91 Å². The van der Waals surface area contributed by atoms with Gasteiger partial charge in [-0.2, -0.15) is 13.2 Å². The number of hydrogen-bond donors (Lipinski definition) is 2. The number of carbonyl (C=O) groups is 2. The van der Waals surface area contributed by atoms with Gasteiger partial charge in [-0.1, -0.05) is 30.3 Å². The molecule has 2 N–H and O–H groups in total. The van der Waals surface area contributed by atoms with Gasteiger partial charge in [0.1, 0.15) is 11.8 Å². The van der Waals surface area contributed by atoms with E-state index in [1.165, 1.54) is 19.2 Å². The molecule has 0 aliphatic rings. The van der Waals surface area contributed by atoms with Crippen molar-refractivity contribution in [2.24, 2.45) is 0 Å². The molecule has 0 spiro atoms. The fourth-order valence-electron chi connectivity index (χ4n) is 3.06. The first kappa shape index (κ1) is 21.2. The Morgan fingerprint density at radius 1 is 1.10 bits per heavy atom. The van der Waals surface area contributed by atoms with Crippen molar-refractivity contribution in [2.45, 2.75) is 18.6 Å². The minimum absolute atomic E-state index is 0.140. The SMILES string of the molecule is COC(=O)[C@@H](Cc1c[nH]c2ccccc12)NC(=O)COc1ccccc1C(F)(F)F. The Labute approximate surface area is 170 Å². The van der Waals surface area contributed by atoms with Gasteiger partial charge in [0.15, 0.2) is 6.61 Å². The predicted molar refractivity (Wildman–Crippen MR) is 103 cm³/mol. The molecule has 0 aliphatic heterocycles. The van der Waals surface area contributed by atoms with E-state index in [1.54, 1.807) is 6.20 Å². The lowest BCUT2D eigenvalue weighted by Gasteiger charge is -2.17. The molecule has 1 aromatic heterocycles. The van der Waals surface area contributed by atoms with Gasteiger partial charge in [-0.3, -0.25) is 4.79 Å². The fourth-order valence-corrected chi connectivity index (χ4v) is 3.06. The Morgan fingerprint density at radius 2 is 1.80 bits per heavy atom. The number of amides is 1. The van der Waals surface area contributed by atoms with Crippen LogP contribution in [0.4, 0.5) is 13.2 Å². The Morgan fingerprint density at radius 3 is 2.53 bits per heavy atom. The number of fused-ring (bicyclic) bond motifs is 1. The minimum atomic E-state index is -4.61. The summed E-state index contributed by atoms with van der Waals surface area (Å²) in [5.74, 6) is -1.89. The second-order valence-corrected chi connectivity index (χ2v) is 6.49. The monoisotopic (exact) mass is 420 g/mol. The highest BCUT2D eigenvalue weighted by Gasteiger charge is 2.34. The van der Waals surface area contributed by atoms with E-state index in [9.17, 15) is 22.8 Å². The van der Waals surface area contributed by atoms with Crippen LogP contribution >= 0.6 is 0 Å². The summed E-state index contributed by atoms with van der Waals surface area (Å²) in [6, 6.07) is 11.0. The van der Waals surface area contributed by atoms with Crippen molar-refractivity contribution in [3.05, 3.63) is 65.9 Å². The number of aromatic nitrogens is 1. The quantitative estimate of drug-likeness (QED) is 0.574. The third-order valence-electron chi connectivity index (χ3n) is 4.47. The molecular weight excluding hydrogens is 401 g/mol. The van der Waals surface area contributed by atoms with Gasteiger partial charge in [0.2, 0.25) is 0 Å². The zero-order chi connectivity index (χ0) is 21.7. The van der Waals surface area contributed by atoms with Crippen molar-refractivity contribution >= 4 is 22.8 Å². The molecule has 30 heavy (non-hydrogen) atoms. The van der Waals surface area contributed by atoms with Gasteiger partial charge in [-0.15, -0.1) is 0 Å². The van der Waals surface area contributed by atoms with Crippen LogP contribution in [0.15, 0.2) is 54.7 Å². The van der Waals surface area contributed by atoms with Crippen LogP contribution in [-0.4, -0.2) is 36.6 Å². The maximum atomic E-state index is 13.0. The third kappa shape index (κ3) is 4.91. The molecule has 0 aliphatic carbocycles. The molecule has 6 nitrogen and oxygen atoms in total.